The van der Waals surface area contributed by atoms with Crippen LogP contribution in [0, 0.1) is 5.82 Å². The van der Waals surface area contributed by atoms with E-state index in [0.717, 1.165) is 23.6 Å². The number of H-pyrrole nitrogens is 1. The molecule has 0 aliphatic heterocycles. The average molecular weight is 518 g/mol. The van der Waals surface area contributed by atoms with Crippen molar-refractivity contribution in [3.8, 4) is 22.5 Å². The largest absolute Gasteiger partial charge is 0.478 e. The van der Waals surface area contributed by atoms with Gasteiger partial charge in [0.05, 0.1) is 28.0 Å². The molecule has 2 aromatic carbocycles. The van der Waals surface area contributed by atoms with Crippen molar-refractivity contribution in [2.24, 2.45) is 0 Å². The highest BCUT2D eigenvalue weighted by atomic mass is 32.2. The Hall–Kier alpha value is -4.64. The number of aromatic amines is 1. The van der Waals surface area contributed by atoms with Gasteiger partial charge in [-0.05, 0) is 42.3 Å². The lowest BCUT2D eigenvalue weighted by Crippen LogP contribution is -2.15. The van der Waals surface area contributed by atoms with Crippen molar-refractivity contribution in [1.82, 2.24) is 20.2 Å². The zero-order valence-electron chi connectivity index (χ0n) is 19.4. The number of hydrogen-bond acceptors (Lipinski definition) is 6. The van der Waals surface area contributed by atoms with Crippen LogP contribution in [-0.4, -0.2) is 39.7 Å². The van der Waals surface area contributed by atoms with Gasteiger partial charge < -0.3 is 5.11 Å². The fourth-order valence-corrected chi connectivity index (χ4v) is 4.89. The van der Waals surface area contributed by atoms with E-state index in [2.05, 4.69) is 24.9 Å². The van der Waals surface area contributed by atoms with E-state index in [9.17, 15) is 22.7 Å². The molecule has 3 aromatic heterocycles. The van der Waals surface area contributed by atoms with E-state index >= 15 is 0 Å². The molecule has 0 amide bonds. The maximum atomic E-state index is 13.9. The Morgan fingerprint density at radius 2 is 1.78 bits per heavy atom. The quantitative estimate of drug-likeness (QED) is 0.279. The number of sulfonamides is 1. The number of aromatic nitrogens is 4. The topological polar surface area (TPSA) is 138 Å². The van der Waals surface area contributed by atoms with Gasteiger partial charge in [-0.15, -0.1) is 0 Å². The first kappa shape index (κ1) is 24.1. The third-order valence-electron chi connectivity index (χ3n) is 5.83. The maximum absolute atomic E-state index is 13.9. The van der Waals surface area contributed by atoms with Gasteiger partial charge in [0, 0.05) is 17.3 Å². The first-order chi connectivity index (χ1) is 17.8. The lowest BCUT2D eigenvalue weighted by atomic mass is 10.0. The Kier molecular flexibility index (Phi) is 6.14. The molecule has 0 atom stereocenters. The lowest BCUT2D eigenvalue weighted by Gasteiger charge is -2.09. The van der Waals surface area contributed by atoms with Crippen molar-refractivity contribution in [1.29, 1.82) is 0 Å². The molecule has 0 radical (unpaired) electrons. The molecule has 5 rings (SSSR count). The zero-order valence-corrected chi connectivity index (χ0v) is 20.3. The predicted molar refractivity (Wildman–Crippen MR) is 136 cm³/mol. The van der Waals surface area contributed by atoms with Gasteiger partial charge in [0.2, 0.25) is 0 Å². The fraction of sp³-hybridized carbons (Fsp3) is 0.0769. The number of para-hydroxylation sites is 1. The second-order valence-electron chi connectivity index (χ2n) is 8.18. The van der Waals surface area contributed by atoms with Crippen molar-refractivity contribution in [2.45, 2.75) is 18.4 Å². The summed E-state index contributed by atoms with van der Waals surface area (Å²) >= 11 is 0. The minimum absolute atomic E-state index is 0.0127. The van der Waals surface area contributed by atoms with E-state index < -0.39 is 21.8 Å². The second kappa shape index (κ2) is 9.43. The summed E-state index contributed by atoms with van der Waals surface area (Å²) in [6.07, 6.45) is 2.13. The number of fused-ring (bicyclic) bond motifs is 1. The van der Waals surface area contributed by atoms with Crippen LogP contribution in [0.5, 0.6) is 0 Å². The summed E-state index contributed by atoms with van der Waals surface area (Å²) in [6, 6.07) is 17.2. The van der Waals surface area contributed by atoms with Crippen LogP contribution < -0.4 is 4.72 Å². The molecule has 0 fully saturated rings. The van der Waals surface area contributed by atoms with Crippen LogP contribution in [0.1, 0.15) is 22.8 Å². The van der Waals surface area contributed by atoms with E-state index in [4.69, 9.17) is 0 Å². The average Bonchev–Trinajstić information content (AvgIpc) is 3.33. The minimum atomic E-state index is -4.16. The highest BCUT2D eigenvalue weighted by Crippen LogP contribution is 2.32. The monoisotopic (exact) mass is 517 g/mol. The van der Waals surface area contributed by atoms with Crippen molar-refractivity contribution in [2.75, 3.05) is 4.72 Å². The van der Waals surface area contributed by atoms with Gasteiger partial charge in [0.25, 0.3) is 10.0 Å². The molecule has 0 aliphatic carbocycles. The maximum Gasteiger partial charge on any atom is 0.336 e. The summed E-state index contributed by atoms with van der Waals surface area (Å²) in [7, 11) is -4.16. The molecule has 3 heterocycles. The van der Waals surface area contributed by atoms with E-state index in [1.807, 2.05) is 31.2 Å². The fourth-order valence-electron chi connectivity index (χ4n) is 3.89. The van der Waals surface area contributed by atoms with Gasteiger partial charge in [-0.2, -0.15) is 13.5 Å². The van der Waals surface area contributed by atoms with Crippen molar-refractivity contribution in [3.63, 3.8) is 0 Å². The first-order valence-corrected chi connectivity index (χ1v) is 12.7. The number of pyridine rings is 2. The number of aromatic carboxylic acids is 1. The number of rotatable bonds is 7. The van der Waals surface area contributed by atoms with E-state index in [-0.39, 0.29) is 27.6 Å². The molecule has 37 heavy (non-hydrogen) atoms. The molecular formula is C26H20FN5O4S. The molecule has 0 saturated heterocycles. The van der Waals surface area contributed by atoms with E-state index in [1.165, 1.54) is 42.6 Å². The molecule has 0 aliphatic rings. The number of carboxylic acid groups (broad SMARTS) is 1. The minimum Gasteiger partial charge on any atom is -0.478 e. The smallest absolute Gasteiger partial charge is 0.336 e. The Balaban J connectivity index is 1.51. The Morgan fingerprint density at radius 3 is 2.43 bits per heavy atom. The predicted octanol–water partition coefficient (Wildman–Crippen LogP) is 4.89. The molecular weight excluding hydrogens is 497 g/mol. The van der Waals surface area contributed by atoms with Crippen LogP contribution >= 0.6 is 0 Å². The lowest BCUT2D eigenvalue weighted by molar-refractivity contribution is 0.0699. The molecule has 186 valence electrons. The number of anilines is 1. The number of halogens is 1. The van der Waals surface area contributed by atoms with Gasteiger partial charge in [0.15, 0.2) is 10.7 Å². The van der Waals surface area contributed by atoms with Crippen molar-refractivity contribution >= 4 is 32.7 Å². The summed E-state index contributed by atoms with van der Waals surface area (Å²) in [5.74, 6) is -1.89. The number of aryl methyl sites for hydroxylation is 1. The molecule has 9 nitrogen and oxygen atoms in total. The third-order valence-corrected chi connectivity index (χ3v) is 7.11. The number of benzene rings is 2. The summed E-state index contributed by atoms with van der Waals surface area (Å²) < 4.78 is 41.3. The van der Waals surface area contributed by atoms with Crippen LogP contribution in [-0.2, 0) is 16.4 Å². The summed E-state index contributed by atoms with van der Waals surface area (Å²) in [6.45, 7) is 2.05. The van der Waals surface area contributed by atoms with Crippen LogP contribution in [0.15, 0.2) is 78.0 Å². The Morgan fingerprint density at radius 1 is 1.05 bits per heavy atom. The van der Waals surface area contributed by atoms with E-state index in [0.29, 0.717) is 16.6 Å². The summed E-state index contributed by atoms with van der Waals surface area (Å²) in [5.41, 5.74) is 3.07. The third kappa shape index (κ3) is 4.64. The van der Waals surface area contributed by atoms with Crippen LogP contribution in [0.3, 0.4) is 0 Å². The molecule has 0 bridgehead atoms. The number of hydrogen-bond donors (Lipinski definition) is 3. The van der Waals surface area contributed by atoms with Gasteiger partial charge in [0.1, 0.15) is 5.82 Å². The van der Waals surface area contributed by atoms with Gasteiger partial charge in [-0.25, -0.2) is 19.2 Å². The van der Waals surface area contributed by atoms with Gasteiger partial charge >= 0.3 is 5.97 Å². The molecule has 0 unspecified atom stereocenters. The number of nitrogens with one attached hydrogen (secondary N) is 2. The SMILES string of the molecule is CCc1ccc(-c2[nH]nc3nc(-c4ccc(S(=O)(=O)Nc5ccccc5F)nc4)cc(C(=O)O)c23)cc1. The second-order valence-corrected chi connectivity index (χ2v) is 9.81. The van der Waals surface area contributed by atoms with Crippen LogP contribution in [0.2, 0.25) is 0 Å². The molecule has 0 spiro atoms. The Bertz CT molecular complexity index is 1730. The van der Waals surface area contributed by atoms with Crippen molar-refractivity contribution in [3.05, 3.63) is 89.9 Å². The number of nitrogens with zero attached hydrogens (tertiary/aromatic N) is 3. The molecule has 0 saturated carbocycles. The molecule has 5 aromatic rings. The number of carbonyl (C=O) groups is 1. The normalized spacial score (nSPS) is 11.5. The Labute approximate surface area is 211 Å². The first-order valence-electron chi connectivity index (χ1n) is 11.2. The summed E-state index contributed by atoms with van der Waals surface area (Å²) in [4.78, 5) is 20.6. The van der Waals surface area contributed by atoms with Crippen LogP contribution in [0.25, 0.3) is 33.5 Å². The molecule has 3 N–H and O–H groups in total. The van der Waals surface area contributed by atoms with E-state index in [1.54, 1.807) is 0 Å². The van der Waals surface area contributed by atoms with Gasteiger partial charge in [-0.3, -0.25) is 9.82 Å². The summed E-state index contributed by atoms with van der Waals surface area (Å²) in [5, 5.41) is 17.1. The number of carboxylic acids is 1. The molecule has 11 heteroatoms. The standard InChI is InChI=1S/C26H20FN5O4S/c1-2-15-7-9-16(10-8-15)24-23-18(26(33)34)13-21(29-25(23)31-30-24)17-11-12-22(28-14-17)37(35,36)32-20-6-4-3-5-19(20)27/h3-14,32H,2H2,1H3,(H,33,34)(H,29,30,31). The zero-order chi connectivity index (χ0) is 26.2. The van der Waals surface area contributed by atoms with Crippen molar-refractivity contribution < 1.29 is 22.7 Å². The highest BCUT2D eigenvalue weighted by Gasteiger charge is 2.21. The highest BCUT2D eigenvalue weighted by molar-refractivity contribution is 7.92. The van der Waals surface area contributed by atoms with Crippen LogP contribution in [0.4, 0.5) is 10.1 Å². The van der Waals surface area contributed by atoms with Gasteiger partial charge in [-0.1, -0.05) is 43.3 Å².